The van der Waals surface area contributed by atoms with Crippen LogP contribution in [0.1, 0.15) is 35.0 Å². The third-order valence-electron chi connectivity index (χ3n) is 5.99. The number of aliphatic imine (C=N–C) groups is 1. The SMILES string of the molecule is C[C@]1(c2cc(/C=C/C(=O)c3ccc(OCC(F)(F)F)cn3)cc(F)c2F)N=C(N)S[C@@]2(CF)C[C@H]21. The van der Waals surface area contributed by atoms with Crippen molar-refractivity contribution in [3.63, 3.8) is 0 Å². The lowest BCUT2D eigenvalue weighted by Crippen LogP contribution is -2.37. The maximum absolute atomic E-state index is 14.8. The van der Waals surface area contributed by atoms with Crippen LogP contribution in [0.15, 0.2) is 41.5 Å². The molecule has 1 aliphatic carbocycles. The lowest BCUT2D eigenvalue weighted by atomic mass is 9.84. The van der Waals surface area contributed by atoms with E-state index in [-0.39, 0.29) is 33.7 Å². The number of halogens is 6. The molecule has 1 aromatic heterocycles. The van der Waals surface area contributed by atoms with Gasteiger partial charge in [0, 0.05) is 11.5 Å². The molecule has 2 aromatic rings. The van der Waals surface area contributed by atoms with Crippen molar-refractivity contribution < 1.29 is 35.9 Å². The van der Waals surface area contributed by atoms with Gasteiger partial charge in [-0.05, 0) is 49.2 Å². The summed E-state index contributed by atoms with van der Waals surface area (Å²) >= 11 is 1.10. The zero-order chi connectivity index (χ0) is 25.6. The highest BCUT2D eigenvalue weighted by molar-refractivity contribution is 8.15. The minimum atomic E-state index is -4.52. The van der Waals surface area contributed by atoms with Crippen molar-refractivity contribution in [3.05, 3.63) is 65.0 Å². The highest BCUT2D eigenvalue weighted by atomic mass is 32.2. The molecule has 0 radical (unpaired) electrons. The summed E-state index contributed by atoms with van der Waals surface area (Å²) in [5.74, 6) is -3.47. The summed E-state index contributed by atoms with van der Waals surface area (Å²) in [7, 11) is 0. The zero-order valence-electron chi connectivity index (χ0n) is 18.2. The predicted octanol–water partition coefficient (Wildman–Crippen LogP) is 5.20. The highest BCUT2D eigenvalue weighted by Crippen LogP contribution is 2.66. The number of amidine groups is 1. The quantitative estimate of drug-likeness (QED) is 0.312. The van der Waals surface area contributed by atoms with Crippen LogP contribution in [0.2, 0.25) is 0 Å². The molecule has 1 aliphatic heterocycles. The van der Waals surface area contributed by atoms with E-state index in [4.69, 9.17) is 5.73 Å². The van der Waals surface area contributed by atoms with Gasteiger partial charge in [-0.15, -0.1) is 0 Å². The van der Waals surface area contributed by atoms with Crippen LogP contribution in [0.4, 0.5) is 26.3 Å². The van der Waals surface area contributed by atoms with Gasteiger partial charge in [0.15, 0.2) is 23.4 Å². The van der Waals surface area contributed by atoms with Crippen LogP contribution < -0.4 is 10.5 Å². The van der Waals surface area contributed by atoms with E-state index in [1.54, 1.807) is 6.92 Å². The molecule has 0 unspecified atom stereocenters. The highest BCUT2D eigenvalue weighted by Gasteiger charge is 2.66. The number of aromatic nitrogens is 1. The molecule has 2 aliphatic rings. The average molecular weight is 515 g/mol. The van der Waals surface area contributed by atoms with E-state index < -0.39 is 47.2 Å². The Kier molecular flexibility index (Phi) is 6.37. The summed E-state index contributed by atoms with van der Waals surface area (Å²) in [6, 6.07) is 4.56. The van der Waals surface area contributed by atoms with E-state index in [0.29, 0.717) is 6.42 Å². The second-order valence-electron chi connectivity index (χ2n) is 8.50. The topological polar surface area (TPSA) is 77.6 Å². The monoisotopic (exact) mass is 515 g/mol. The minimum Gasteiger partial charge on any atom is -0.483 e. The molecule has 0 spiro atoms. The summed E-state index contributed by atoms with van der Waals surface area (Å²) < 4.78 is 83.4. The molecule has 1 fully saturated rings. The number of ketones is 1. The molecule has 2 heterocycles. The number of hydrogen-bond donors (Lipinski definition) is 1. The van der Waals surface area contributed by atoms with Gasteiger partial charge in [-0.2, -0.15) is 13.2 Å². The lowest BCUT2D eigenvalue weighted by Gasteiger charge is -2.33. The molecule has 0 amide bonds. The molecule has 35 heavy (non-hydrogen) atoms. The number of nitrogens with two attached hydrogens (primary N) is 1. The number of carbonyl (C=O) groups excluding carboxylic acids is 1. The fourth-order valence-electron chi connectivity index (χ4n) is 4.18. The number of thioether (sulfide) groups is 1. The fourth-order valence-corrected chi connectivity index (χ4v) is 5.51. The molecule has 5 nitrogen and oxygen atoms in total. The molecule has 1 saturated carbocycles. The second kappa shape index (κ2) is 8.89. The van der Waals surface area contributed by atoms with Crippen LogP contribution in [-0.2, 0) is 5.54 Å². The van der Waals surface area contributed by atoms with E-state index in [9.17, 15) is 31.1 Å². The van der Waals surface area contributed by atoms with Crippen molar-refractivity contribution in [1.82, 2.24) is 4.98 Å². The van der Waals surface area contributed by atoms with Crippen molar-refractivity contribution in [2.24, 2.45) is 16.6 Å². The summed E-state index contributed by atoms with van der Waals surface area (Å²) in [5, 5.41) is 0.0866. The number of benzene rings is 1. The van der Waals surface area contributed by atoms with Crippen molar-refractivity contribution in [3.8, 4) is 5.75 Å². The number of fused-ring (bicyclic) bond motifs is 1. The number of nitrogens with zero attached hydrogens (tertiary/aromatic N) is 2. The molecular formula is C23H19F6N3O2S. The molecular weight excluding hydrogens is 496 g/mol. The van der Waals surface area contributed by atoms with Crippen LogP contribution in [0.3, 0.4) is 0 Å². The van der Waals surface area contributed by atoms with Crippen molar-refractivity contribution in [2.45, 2.75) is 29.8 Å². The van der Waals surface area contributed by atoms with Crippen LogP contribution in [0.5, 0.6) is 5.75 Å². The van der Waals surface area contributed by atoms with Gasteiger partial charge in [0.2, 0.25) is 5.78 Å². The smallest absolute Gasteiger partial charge is 0.422 e. The molecule has 0 bridgehead atoms. The molecule has 4 rings (SSSR count). The lowest BCUT2D eigenvalue weighted by molar-refractivity contribution is -0.153. The van der Waals surface area contributed by atoms with Crippen molar-refractivity contribution in [1.29, 1.82) is 0 Å². The Morgan fingerprint density at radius 3 is 2.69 bits per heavy atom. The zero-order valence-corrected chi connectivity index (χ0v) is 19.0. The minimum absolute atomic E-state index is 0.0866. The number of alkyl halides is 4. The molecule has 186 valence electrons. The van der Waals surface area contributed by atoms with Gasteiger partial charge in [-0.1, -0.05) is 17.8 Å². The van der Waals surface area contributed by atoms with Crippen LogP contribution in [-0.4, -0.2) is 40.1 Å². The normalized spacial score (nSPS) is 25.8. The predicted molar refractivity (Wildman–Crippen MR) is 119 cm³/mol. The second-order valence-corrected chi connectivity index (χ2v) is 9.94. The van der Waals surface area contributed by atoms with Crippen LogP contribution in [0, 0.1) is 17.6 Å². The van der Waals surface area contributed by atoms with E-state index >= 15 is 0 Å². The standard InChI is InChI=1S/C23H19F6N3O2S/c1-21(18-8-22(18,10-24)35-20(30)32-21)14-6-12(7-15(25)19(14)26)2-5-17(33)16-4-3-13(9-31-16)34-11-23(27,28)29/h2-7,9,18H,8,10-11H2,1H3,(H2,30,32)/b5-2+/t18-,21+,22+/m0/s1. The van der Waals surface area contributed by atoms with E-state index in [0.717, 1.165) is 36.2 Å². The Morgan fingerprint density at radius 2 is 2.06 bits per heavy atom. The molecule has 1 aromatic carbocycles. The van der Waals surface area contributed by atoms with Gasteiger partial charge in [-0.25, -0.2) is 18.2 Å². The third-order valence-corrected chi connectivity index (χ3v) is 7.26. The van der Waals surface area contributed by atoms with Crippen LogP contribution >= 0.6 is 11.8 Å². The maximum Gasteiger partial charge on any atom is 0.422 e. The first-order chi connectivity index (χ1) is 16.4. The fraction of sp³-hybridized carbons (Fsp3) is 0.348. The third kappa shape index (κ3) is 5.02. The van der Waals surface area contributed by atoms with E-state index in [1.165, 1.54) is 18.2 Å². The Morgan fingerprint density at radius 1 is 1.31 bits per heavy atom. The molecule has 0 saturated heterocycles. The number of rotatable bonds is 7. The van der Waals surface area contributed by atoms with Crippen molar-refractivity contribution >= 4 is 28.8 Å². The Hall–Kier alpha value is -3.02. The number of hydrogen-bond acceptors (Lipinski definition) is 6. The van der Waals surface area contributed by atoms with Gasteiger partial charge >= 0.3 is 6.18 Å². The van der Waals surface area contributed by atoms with Gasteiger partial charge in [0.05, 0.1) is 16.5 Å². The average Bonchev–Trinajstić information content (AvgIpc) is 3.54. The summed E-state index contributed by atoms with van der Waals surface area (Å²) in [5.41, 5.74) is 4.54. The van der Waals surface area contributed by atoms with E-state index in [1.807, 2.05) is 0 Å². The number of allylic oxidation sites excluding steroid dienone is 1. The van der Waals surface area contributed by atoms with Gasteiger partial charge in [0.1, 0.15) is 18.1 Å². The van der Waals surface area contributed by atoms with Gasteiger partial charge in [-0.3, -0.25) is 9.79 Å². The van der Waals surface area contributed by atoms with Crippen LogP contribution in [0.25, 0.3) is 6.08 Å². The first-order valence-electron chi connectivity index (χ1n) is 10.3. The number of ether oxygens (including phenoxy) is 1. The first-order valence-corrected chi connectivity index (χ1v) is 11.2. The Bertz CT molecular complexity index is 1220. The molecule has 12 heteroatoms. The molecule has 2 N–H and O–H groups in total. The Balaban J connectivity index is 1.55. The number of carbonyl (C=O) groups is 1. The van der Waals surface area contributed by atoms with Gasteiger partial charge in [0.25, 0.3) is 0 Å². The first kappa shape index (κ1) is 25.1. The van der Waals surface area contributed by atoms with Gasteiger partial charge < -0.3 is 10.5 Å². The van der Waals surface area contributed by atoms with E-state index in [2.05, 4.69) is 14.7 Å². The maximum atomic E-state index is 14.8. The Labute approximate surface area is 200 Å². The summed E-state index contributed by atoms with van der Waals surface area (Å²) in [6.45, 7) is -0.606. The summed E-state index contributed by atoms with van der Waals surface area (Å²) in [6.07, 6.45) is -0.831. The van der Waals surface area contributed by atoms with Crippen molar-refractivity contribution in [2.75, 3.05) is 13.3 Å². The molecule has 3 atom stereocenters. The largest absolute Gasteiger partial charge is 0.483 e. The summed E-state index contributed by atoms with van der Waals surface area (Å²) in [4.78, 5) is 20.5. The number of pyridine rings is 1.